The molecule has 16 heavy (non-hydrogen) atoms. The van der Waals surface area contributed by atoms with Gasteiger partial charge in [-0.2, -0.15) is 0 Å². The average Bonchev–Trinajstić information content (AvgIpc) is 2.70. The van der Waals surface area contributed by atoms with Gasteiger partial charge in [-0.05, 0) is 38.2 Å². The number of para-hydroxylation sites is 1. The van der Waals surface area contributed by atoms with Crippen LogP contribution in [0, 0.1) is 0 Å². The largest absolute Gasteiger partial charge is 0.473 e. The summed E-state index contributed by atoms with van der Waals surface area (Å²) in [7, 11) is 1.91. The zero-order valence-electron chi connectivity index (χ0n) is 9.78. The van der Waals surface area contributed by atoms with Gasteiger partial charge in [-0.1, -0.05) is 12.1 Å². The van der Waals surface area contributed by atoms with Gasteiger partial charge in [0.1, 0.15) is 6.61 Å². The van der Waals surface area contributed by atoms with E-state index in [9.17, 15) is 0 Å². The number of hydrogen-bond donors (Lipinski definition) is 1. The number of likely N-dealkylation sites (N-methyl/N-ethyl adjacent to an activating group) is 1. The maximum Gasteiger partial charge on any atom is 0.262 e. The minimum Gasteiger partial charge on any atom is -0.473 e. The minimum atomic E-state index is -0.0833. The van der Waals surface area contributed by atoms with Gasteiger partial charge >= 0.3 is 0 Å². The van der Waals surface area contributed by atoms with E-state index >= 15 is 0 Å². The monoisotopic (exact) mass is 220 g/mol. The Kier molecular flexibility index (Phi) is 2.83. The number of aromatic nitrogens is 1. The lowest BCUT2D eigenvalue weighted by Gasteiger charge is -2.22. The van der Waals surface area contributed by atoms with Crippen molar-refractivity contribution >= 4 is 11.0 Å². The fraction of sp³-hybridized carbons (Fsp3) is 0.417. The van der Waals surface area contributed by atoms with Gasteiger partial charge in [-0.15, -0.1) is 0 Å². The summed E-state index contributed by atoms with van der Waals surface area (Å²) in [5, 5.41) is 7.99. The molecule has 0 aliphatic rings. The predicted molar refractivity (Wildman–Crippen MR) is 62.6 cm³/mol. The highest BCUT2D eigenvalue weighted by Crippen LogP contribution is 2.24. The second-order valence-corrected chi connectivity index (χ2v) is 4.41. The molecule has 0 spiro atoms. The molecule has 0 amide bonds. The Morgan fingerprint density at radius 1 is 1.38 bits per heavy atom. The topological polar surface area (TPSA) is 47.3 Å². The summed E-state index contributed by atoms with van der Waals surface area (Å²) in [4.78, 5) is 0. The van der Waals surface area contributed by atoms with Crippen LogP contribution in [-0.4, -0.2) is 24.4 Å². The van der Waals surface area contributed by atoms with Crippen molar-refractivity contribution in [2.75, 3.05) is 13.7 Å². The average molecular weight is 220 g/mol. The summed E-state index contributed by atoms with van der Waals surface area (Å²) < 4.78 is 10.8. The van der Waals surface area contributed by atoms with Crippen LogP contribution in [-0.2, 0) is 0 Å². The van der Waals surface area contributed by atoms with E-state index in [4.69, 9.17) is 9.26 Å². The van der Waals surface area contributed by atoms with Gasteiger partial charge in [0.15, 0.2) is 5.58 Å². The van der Waals surface area contributed by atoms with Crippen molar-refractivity contribution in [3.05, 3.63) is 24.3 Å². The Morgan fingerprint density at radius 2 is 2.12 bits per heavy atom. The zero-order chi connectivity index (χ0) is 11.6. The summed E-state index contributed by atoms with van der Waals surface area (Å²) in [5.74, 6) is 0.555. The van der Waals surface area contributed by atoms with E-state index in [1.165, 1.54) is 0 Å². The first-order chi connectivity index (χ1) is 7.62. The maximum atomic E-state index is 5.65. The SMILES string of the molecule is CNC(C)(C)COc1noc2ccccc12. The van der Waals surface area contributed by atoms with Crippen LogP contribution in [0.4, 0.5) is 0 Å². The first-order valence-electron chi connectivity index (χ1n) is 5.28. The van der Waals surface area contributed by atoms with Crippen molar-refractivity contribution in [1.29, 1.82) is 0 Å². The highest BCUT2D eigenvalue weighted by atomic mass is 16.5. The molecule has 1 aromatic carbocycles. The van der Waals surface area contributed by atoms with Gasteiger partial charge < -0.3 is 14.6 Å². The molecule has 0 bridgehead atoms. The summed E-state index contributed by atoms with van der Waals surface area (Å²) in [6.07, 6.45) is 0. The third-order valence-corrected chi connectivity index (χ3v) is 2.59. The zero-order valence-corrected chi connectivity index (χ0v) is 9.78. The normalized spacial score (nSPS) is 11.9. The highest BCUT2D eigenvalue weighted by Gasteiger charge is 2.17. The van der Waals surface area contributed by atoms with Crippen LogP contribution in [0.2, 0.25) is 0 Å². The van der Waals surface area contributed by atoms with E-state index in [0.717, 1.165) is 11.0 Å². The molecule has 1 N–H and O–H groups in total. The van der Waals surface area contributed by atoms with E-state index in [1.54, 1.807) is 0 Å². The second-order valence-electron chi connectivity index (χ2n) is 4.41. The number of nitrogens with zero attached hydrogens (tertiary/aromatic N) is 1. The molecule has 2 rings (SSSR count). The maximum absolute atomic E-state index is 5.65. The fourth-order valence-electron chi connectivity index (χ4n) is 1.29. The Hall–Kier alpha value is -1.55. The van der Waals surface area contributed by atoms with Gasteiger partial charge in [0.05, 0.1) is 5.39 Å². The van der Waals surface area contributed by atoms with Crippen molar-refractivity contribution in [3.8, 4) is 5.88 Å². The van der Waals surface area contributed by atoms with Crippen LogP contribution in [0.5, 0.6) is 5.88 Å². The molecule has 0 unspecified atom stereocenters. The molecule has 0 aliphatic carbocycles. The Morgan fingerprint density at radius 3 is 2.88 bits per heavy atom. The first-order valence-corrected chi connectivity index (χ1v) is 5.28. The van der Waals surface area contributed by atoms with E-state index in [-0.39, 0.29) is 5.54 Å². The number of nitrogens with one attached hydrogen (secondary N) is 1. The molecule has 0 radical (unpaired) electrons. The van der Waals surface area contributed by atoms with Crippen molar-refractivity contribution < 1.29 is 9.26 Å². The Labute approximate surface area is 94.6 Å². The van der Waals surface area contributed by atoms with Gasteiger partial charge in [0.25, 0.3) is 5.88 Å². The third kappa shape index (κ3) is 2.17. The van der Waals surface area contributed by atoms with E-state index in [0.29, 0.717) is 12.5 Å². The molecule has 0 saturated carbocycles. The smallest absolute Gasteiger partial charge is 0.262 e. The van der Waals surface area contributed by atoms with E-state index in [1.807, 2.05) is 31.3 Å². The standard InChI is InChI=1S/C12H16N2O2/c1-12(2,13-3)8-15-11-9-6-4-5-7-10(9)16-14-11/h4-7,13H,8H2,1-3H3. The van der Waals surface area contributed by atoms with Crippen LogP contribution < -0.4 is 10.1 Å². The molecule has 0 aliphatic heterocycles. The minimum absolute atomic E-state index is 0.0833. The van der Waals surface area contributed by atoms with Gasteiger partial charge in [0, 0.05) is 5.54 Å². The number of fused-ring (bicyclic) bond motifs is 1. The van der Waals surface area contributed by atoms with Crippen LogP contribution in [0.3, 0.4) is 0 Å². The molecule has 4 heteroatoms. The summed E-state index contributed by atoms with van der Waals surface area (Å²) >= 11 is 0. The molecular weight excluding hydrogens is 204 g/mol. The third-order valence-electron chi connectivity index (χ3n) is 2.59. The van der Waals surface area contributed by atoms with Crippen molar-refractivity contribution in [2.24, 2.45) is 0 Å². The molecule has 1 aromatic heterocycles. The molecule has 1 heterocycles. The van der Waals surface area contributed by atoms with Crippen molar-refractivity contribution in [1.82, 2.24) is 10.5 Å². The lowest BCUT2D eigenvalue weighted by atomic mass is 10.1. The molecule has 0 saturated heterocycles. The lowest BCUT2D eigenvalue weighted by molar-refractivity contribution is 0.203. The van der Waals surface area contributed by atoms with Crippen LogP contribution in [0.1, 0.15) is 13.8 Å². The van der Waals surface area contributed by atoms with Crippen molar-refractivity contribution in [2.45, 2.75) is 19.4 Å². The van der Waals surface area contributed by atoms with Crippen molar-refractivity contribution in [3.63, 3.8) is 0 Å². The summed E-state index contributed by atoms with van der Waals surface area (Å²) in [5.41, 5.74) is 0.667. The van der Waals surface area contributed by atoms with Crippen LogP contribution >= 0.6 is 0 Å². The highest BCUT2D eigenvalue weighted by molar-refractivity contribution is 5.81. The summed E-state index contributed by atoms with van der Waals surface area (Å²) in [6, 6.07) is 7.66. The molecule has 0 atom stereocenters. The molecule has 4 nitrogen and oxygen atoms in total. The van der Waals surface area contributed by atoms with Gasteiger partial charge in [-0.25, -0.2) is 0 Å². The second kappa shape index (κ2) is 4.14. The predicted octanol–water partition coefficient (Wildman–Crippen LogP) is 2.20. The number of rotatable bonds is 4. The number of benzene rings is 1. The summed E-state index contributed by atoms with van der Waals surface area (Å²) in [6.45, 7) is 4.67. The molecular formula is C12H16N2O2. The number of hydrogen-bond acceptors (Lipinski definition) is 4. The molecule has 0 fully saturated rings. The lowest BCUT2D eigenvalue weighted by Crippen LogP contribution is -2.42. The first kappa shape index (κ1) is 11.0. The Balaban J connectivity index is 2.16. The fourth-order valence-corrected chi connectivity index (χ4v) is 1.29. The molecule has 86 valence electrons. The van der Waals surface area contributed by atoms with Gasteiger partial charge in [-0.3, -0.25) is 0 Å². The van der Waals surface area contributed by atoms with Crippen LogP contribution in [0.25, 0.3) is 11.0 Å². The van der Waals surface area contributed by atoms with Gasteiger partial charge in [0.2, 0.25) is 0 Å². The van der Waals surface area contributed by atoms with Crippen LogP contribution in [0.15, 0.2) is 28.8 Å². The van der Waals surface area contributed by atoms with E-state index < -0.39 is 0 Å². The number of ether oxygens (including phenoxy) is 1. The Bertz CT molecular complexity index is 477. The molecule has 2 aromatic rings. The quantitative estimate of drug-likeness (QED) is 0.858. The van der Waals surface area contributed by atoms with E-state index in [2.05, 4.69) is 24.3 Å².